The first-order valence-corrected chi connectivity index (χ1v) is 15.4. The van der Waals surface area contributed by atoms with Crippen LogP contribution in [-0.2, 0) is 63.5 Å². The van der Waals surface area contributed by atoms with E-state index in [1.165, 1.54) is 13.8 Å². The van der Waals surface area contributed by atoms with E-state index in [0.717, 1.165) is 11.1 Å². The Morgan fingerprint density at radius 2 is 0.939 bits per heavy atom. The van der Waals surface area contributed by atoms with Crippen LogP contribution in [0.1, 0.15) is 78.5 Å². The maximum absolute atomic E-state index is 12.4. The highest BCUT2D eigenvalue weighted by molar-refractivity contribution is 6.30. The third-order valence-electron chi connectivity index (χ3n) is 7.32. The Kier molecular flexibility index (Phi) is 13.6. The Labute approximate surface area is 286 Å². The van der Waals surface area contributed by atoms with E-state index < -0.39 is 52.4 Å². The van der Waals surface area contributed by atoms with Gasteiger partial charge in [0.15, 0.2) is 0 Å². The third-order valence-corrected chi connectivity index (χ3v) is 7.32. The van der Waals surface area contributed by atoms with E-state index in [2.05, 4.69) is 13.2 Å². The highest BCUT2D eigenvalue weighted by atomic mass is 16.6. The molecule has 2 aromatic carbocycles. The van der Waals surface area contributed by atoms with Crippen LogP contribution in [0.15, 0.2) is 72.8 Å². The summed E-state index contributed by atoms with van der Waals surface area (Å²) in [6, 6.07) is 13.9. The lowest BCUT2D eigenvalue weighted by atomic mass is 9.77. The summed E-state index contributed by atoms with van der Waals surface area (Å²) in [4.78, 5) is 72.2. The minimum atomic E-state index is -1.22. The van der Waals surface area contributed by atoms with E-state index in [4.69, 9.17) is 28.4 Å². The number of ether oxygens (including phenoxy) is 6. The molecular weight excluding hydrogens is 636 g/mol. The number of carbonyl (C=O) groups excluding carboxylic acids is 6. The maximum atomic E-state index is 12.4. The van der Waals surface area contributed by atoms with Gasteiger partial charge in [0.2, 0.25) is 0 Å². The van der Waals surface area contributed by atoms with Crippen molar-refractivity contribution >= 4 is 35.8 Å². The predicted octanol–water partition coefficient (Wildman–Crippen LogP) is 5.19. The molecule has 0 heterocycles. The molecule has 49 heavy (non-hydrogen) atoms. The van der Waals surface area contributed by atoms with Crippen molar-refractivity contribution in [1.82, 2.24) is 0 Å². The van der Waals surface area contributed by atoms with Crippen molar-refractivity contribution in [3.05, 3.63) is 89.5 Å². The average molecular weight is 681 g/mol. The van der Waals surface area contributed by atoms with Crippen LogP contribution in [0, 0.1) is 0 Å². The van der Waals surface area contributed by atoms with Gasteiger partial charge >= 0.3 is 35.8 Å². The molecule has 0 aromatic heterocycles. The van der Waals surface area contributed by atoms with Gasteiger partial charge in [0.1, 0.15) is 30.2 Å². The van der Waals surface area contributed by atoms with E-state index in [0.29, 0.717) is 5.56 Å². The van der Waals surface area contributed by atoms with E-state index in [9.17, 15) is 28.8 Å². The van der Waals surface area contributed by atoms with E-state index in [1.807, 2.05) is 26.0 Å². The fourth-order valence-corrected chi connectivity index (χ4v) is 4.18. The Bertz CT molecular complexity index is 1580. The van der Waals surface area contributed by atoms with Crippen molar-refractivity contribution in [3.8, 4) is 5.75 Å². The fourth-order valence-electron chi connectivity index (χ4n) is 4.18. The summed E-state index contributed by atoms with van der Waals surface area (Å²) in [5.41, 5.74) is 0.0452. The normalized spacial score (nSPS) is 11.4. The first-order chi connectivity index (χ1) is 22.7. The number of carbonyl (C=O) groups is 6. The van der Waals surface area contributed by atoms with Gasteiger partial charge in [-0.3, -0.25) is 0 Å². The Hall–Kier alpha value is -5.26. The SMILES string of the molecule is C=C(C)C(=O)OCCOC(=O)C(=O)OC(C)(C)c1ccc(C(C)(C)c2ccc(OC(=O)C(=O)OC(C)(C)CCOC(=O)C(=C)C)cc2)cc1. The summed E-state index contributed by atoms with van der Waals surface area (Å²) in [6.45, 7) is 19.8. The summed E-state index contributed by atoms with van der Waals surface area (Å²) in [6.07, 6.45) is 0.158. The van der Waals surface area contributed by atoms with Gasteiger partial charge in [0, 0.05) is 23.0 Å². The third kappa shape index (κ3) is 12.0. The molecule has 12 nitrogen and oxygen atoms in total. The highest BCUT2D eigenvalue weighted by Crippen LogP contribution is 2.34. The van der Waals surface area contributed by atoms with Crippen molar-refractivity contribution in [2.24, 2.45) is 0 Å². The van der Waals surface area contributed by atoms with E-state index in [-0.39, 0.29) is 43.1 Å². The van der Waals surface area contributed by atoms with Crippen molar-refractivity contribution in [2.75, 3.05) is 19.8 Å². The lowest BCUT2D eigenvalue weighted by Crippen LogP contribution is -2.35. The van der Waals surface area contributed by atoms with E-state index >= 15 is 0 Å². The number of benzene rings is 2. The van der Waals surface area contributed by atoms with Crippen molar-refractivity contribution in [1.29, 1.82) is 0 Å². The molecule has 2 rings (SSSR count). The summed E-state index contributed by atoms with van der Waals surface area (Å²) < 4.78 is 30.5. The minimum Gasteiger partial charge on any atom is -0.462 e. The van der Waals surface area contributed by atoms with E-state index in [1.54, 1.807) is 64.1 Å². The number of hydrogen-bond donors (Lipinski definition) is 0. The second-order valence-corrected chi connectivity index (χ2v) is 12.9. The zero-order valence-corrected chi connectivity index (χ0v) is 29.3. The van der Waals surface area contributed by atoms with Crippen molar-refractivity contribution in [3.63, 3.8) is 0 Å². The molecule has 0 saturated carbocycles. The summed E-state index contributed by atoms with van der Waals surface area (Å²) in [5.74, 6) is -5.86. The van der Waals surface area contributed by atoms with Crippen LogP contribution in [0.3, 0.4) is 0 Å². The van der Waals surface area contributed by atoms with Gasteiger partial charge in [-0.15, -0.1) is 0 Å². The first-order valence-electron chi connectivity index (χ1n) is 15.4. The number of hydrogen-bond acceptors (Lipinski definition) is 12. The molecular formula is C37H44O12. The molecule has 0 spiro atoms. The molecule has 0 saturated heterocycles. The van der Waals surface area contributed by atoms with Crippen LogP contribution >= 0.6 is 0 Å². The topological polar surface area (TPSA) is 158 Å². The Morgan fingerprint density at radius 1 is 0.531 bits per heavy atom. The summed E-state index contributed by atoms with van der Waals surface area (Å²) >= 11 is 0. The van der Waals surface area contributed by atoms with Crippen LogP contribution in [0.5, 0.6) is 5.75 Å². The van der Waals surface area contributed by atoms with Gasteiger partial charge < -0.3 is 28.4 Å². The minimum absolute atomic E-state index is 0.0261. The molecule has 2 aromatic rings. The molecule has 0 aliphatic rings. The first kappa shape index (κ1) is 39.9. The second kappa shape index (κ2) is 16.7. The zero-order valence-electron chi connectivity index (χ0n) is 29.3. The average Bonchev–Trinajstić information content (AvgIpc) is 3.02. The second-order valence-electron chi connectivity index (χ2n) is 12.9. The molecule has 0 fully saturated rings. The van der Waals surface area contributed by atoms with Crippen LogP contribution < -0.4 is 4.74 Å². The van der Waals surface area contributed by atoms with Gasteiger partial charge in [-0.1, -0.05) is 63.4 Å². The monoisotopic (exact) mass is 680 g/mol. The molecule has 0 bridgehead atoms. The van der Waals surface area contributed by atoms with Crippen LogP contribution in [0.2, 0.25) is 0 Å². The van der Waals surface area contributed by atoms with Gasteiger partial charge in [0.25, 0.3) is 0 Å². The largest absolute Gasteiger partial charge is 0.462 e. The van der Waals surface area contributed by atoms with Gasteiger partial charge in [-0.25, -0.2) is 28.8 Å². The summed E-state index contributed by atoms with van der Waals surface area (Å²) in [7, 11) is 0. The molecule has 0 atom stereocenters. The smallest absolute Gasteiger partial charge is 0.422 e. The molecule has 12 heteroatoms. The summed E-state index contributed by atoms with van der Waals surface area (Å²) in [5, 5.41) is 0. The zero-order chi connectivity index (χ0) is 37.2. The van der Waals surface area contributed by atoms with Gasteiger partial charge in [0.05, 0.1) is 6.61 Å². The highest BCUT2D eigenvalue weighted by Gasteiger charge is 2.32. The quantitative estimate of drug-likeness (QED) is 0.0643. The van der Waals surface area contributed by atoms with Crippen LogP contribution in [0.25, 0.3) is 0 Å². The Morgan fingerprint density at radius 3 is 1.43 bits per heavy atom. The number of esters is 6. The Balaban J connectivity index is 1.97. The van der Waals surface area contributed by atoms with Gasteiger partial charge in [-0.05, 0) is 70.4 Å². The lowest BCUT2D eigenvalue weighted by Gasteiger charge is -2.29. The molecule has 0 radical (unpaired) electrons. The predicted molar refractivity (Wildman–Crippen MR) is 177 cm³/mol. The van der Waals surface area contributed by atoms with Crippen LogP contribution in [0.4, 0.5) is 0 Å². The molecule has 0 aliphatic heterocycles. The number of rotatable bonds is 14. The standard InChI is InChI=1S/C37H44O12/c1-23(2)29(38)44-20-19-35(5,6)48-34(43)32(41)47-28-17-15-26(16-18-28)36(7,8)25-11-13-27(14-12-25)37(9,10)49-33(42)31(40)46-22-21-45-30(39)24(3)4/h11-18H,1,3,19-22H2,2,4-10H3. The molecule has 0 unspecified atom stereocenters. The van der Waals surface area contributed by atoms with Crippen molar-refractivity contribution < 1.29 is 57.2 Å². The lowest BCUT2D eigenvalue weighted by molar-refractivity contribution is -0.177. The van der Waals surface area contributed by atoms with Crippen molar-refractivity contribution in [2.45, 2.75) is 78.4 Å². The molecule has 0 N–H and O–H groups in total. The fraction of sp³-hybridized carbons (Fsp3) is 0.405. The van der Waals surface area contributed by atoms with Crippen LogP contribution in [-0.4, -0.2) is 61.2 Å². The maximum Gasteiger partial charge on any atom is 0.422 e. The van der Waals surface area contributed by atoms with Gasteiger partial charge in [-0.2, -0.15) is 0 Å². The molecule has 0 aliphatic carbocycles. The molecule has 0 amide bonds. The molecule has 264 valence electrons.